The lowest BCUT2D eigenvalue weighted by molar-refractivity contribution is 0.615. The predicted octanol–water partition coefficient (Wildman–Crippen LogP) is 2.76. The molecule has 0 saturated carbocycles. The quantitative estimate of drug-likeness (QED) is 0.755. The molecule has 16 heavy (non-hydrogen) atoms. The zero-order chi connectivity index (χ0) is 11.7. The van der Waals surface area contributed by atoms with Gasteiger partial charge in [0, 0.05) is 0 Å². The van der Waals surface area contributed by atoms with Crippen molar-refractivity contribution in [3.8, 4) is 5.69 Å². The molecule has 0 fully saturated rings. The minimum atomic E-state index is -0.250. The van der Waals surface area contributed by atoms with Crippen LogP contribution in [-0.4, -0.2) is 15.0 Å². The maximum absolute atomic E-state index is 13.4. The molecule has 0 amide bonds. The van der Waals surface area contributed by atoms with E-state index in [0.717, 1.165) is 5.69 Å². The maximum Gasteiger partial charge on any atom is 0.128 e. The van der Waals surface area contributed by atoms with Crippen LogP contribution in [0.2, 0.25) is 0 Å². The van der Waals surface area contributed by atoms with E-state index >= 15 is 0 Å². The Hall–Kier alpha value is -1.42. The molecule has 84 valence electrons. The number of alkyl halides is 1. The second-order valence-corrected chi connectivity index (χ2v) is 3.87. The van der Waals surface area contributed by atoms with E-state index in [1.54, 1.807) is 23.7 Å². The average Bonchev–Trinajstić information content (AvgIpc) is 2.64. The van der Waals surface area contributed by atoms with Gasteiger partial charge in [-0.05, 0) is 31.5 Å². The SMILES string of the molecule is Cc1ccc(-n2nnc(CCl)c2C)cc1F. The van der Waals surface area contributed by atoms with Crippen molar-refractivity contribution in [2.24, 2.45) is 0 Å². The van der Waals surface area contributed by atoms with Crippen LogP contribution in [0, 0.1) is 19.7 Å². The highest BCUT2D eigenvalue weighted by atomic mass is 35.5. The number of rotatable bonds is 2. The van der Waals surface area contributed by atoms with Gasteiger partial charge in [0.15, 0.2) is 0 Å². The molecule has 3 nitrogen and oxygen atoms in total. The molecule has 5 heteroatoms. The van der Waals surface area contributed by atoms with Crippen LogP contribution in [-0.2, 0) is 5.88 Å². The largest absolute Gasteiger partial charge is 0.217 e. The minimum Gasteiger partial charge on any atom is -0.217 e. The van der Waals surface area contributed by atoms with Gasteiger partial charge < -0.3 is 0 Å². The van der Waals surface area contributed by atoms with Crippen LogP contribution >= 0.6 is 11.6 Å². The zero-order valence-corrected chi connectivity index (χ0v) is 9.79. The Bertz CT molecular complexity index is 522. The summed E-state index contributed by atoms with van der Waals surface area (Å²) >= 11 is 5.70. The first-order valence-corrected chi connectivity index (χ1v) is 5.40. The Morgan fingerprint density at radius 3 is 2.69 bits per heavy atom. The van der Waals surface area contributed by atoms with E-state index in [-0.39, 0.29) is 5.82 Å². The summed E-state index contributed by atoms with van der Waals surface area (Å²) < 4.78 is 15.0. The van der Waals surface area contributed by atoms with Crippen molar-refractivity contribution in [2.45, 2.75) is 19.7 Å². The van der Waals surface area contributed by atoms with Gasteiger partial charge in [0.05, 0.1) is 17.3 Å². The molecule has 1 heterocycles. The molecular formula is C11H11ClFN3. The number of hydrogen-bond donors (Lipinski definition) is 0. The fourth-order valence-corrected chi connectivity index (χ4v) is 1.69. The molecule has 0 radical (unpaired) electrons. The number of aryl methyl sites for hydroxylation is 1. The smallest absolute Gasteiger partial charge is 0.128 e. The van der Waals surface area contributed by atoms with Gasteiger partial charge in [-0.1, -0.05) is 11.3 Å². The fraction of sp³-hybridized carbons (Fsp3) is 0.273. The van der Waals surface area contributed by atoms with Crippen LogP contribution in [0.25, 0.3) is 5.69 Å². The molecule has 0 bridgehead atoms. The van der Waals surface area contributed by atoms with Crippen molar-refractivity contribution in [1.29, 1.82) is 0 Å². The van der Waals surface area contributed by atoms with Crippen molar-refractivity contribution in [1.82, 2.24) is 15.0 Å². The molecule has 0 saturated heterocycles. The van der Waals surface area contributed by atoms with Crippen molar-refractivity contribution >= 4 is 11.6 Å². The van der Waals surface area contributed by atoms with Gasteiger partial charge in [-0.15, -0.1) is 16.7 Å². The monoisotopic (exact) mass is 239 g/mol. The number of hydrogen-bond acceptors (Lipinski definition) is 2. The third-order valence-electron chi connectivity index (χ3n) is 2.52. The first-order valence-electron chi connectivity index (χ1n) is 4.87. The van der Waals surface area contributed by atoms with Gasteiger partial charge in [-0.3, -0.25) is 0 Å². The first-order chi connectivity index (χ1) is 7.63. The molecule has 1 aromatic carbocycles. The Kier molecular flexibility index (Phi) is 2.92. The summed E-state index contributed by atoms with van der Waals surface area (Å²) in [6, 6.07) is 4.96. The number of aromatic nitrogens is 3. The Balaban J connectivity index is 2.50. The van der Waals surface area contributed by atoms with E-state index in [1.165, 1.54) is 6.07 Å². The molecule has 0 aliphatic heterocycles. The standard InChI is InChI=1S/C11H11ClFN3/c1-7-3-4-9(5-10(7)13)16-8(2)11(6-12)14-15-16/h3-5H,6H2,1-2H3. The molecule has 0 N–H and O–H groups in total. The van der Waals surface area contributed by atoms with Gasteiger partial charge in [0.1, 0.15) is 11.5 Å². The summed E-state index contributed by atoms with van der Waals surface area (Å²) in [5.41, 5.74) is 2.81. The normalized spacial score (nSPS) is 10.8. The summed E-state index contributed by atoms with van der Waals surface area (Å²) in [6.45, 7) is 3.58. The molecule has 0 aliphatic rings. The second-order valence-electron chi connectivity index (χ2n) is 3.60. The Labute approximate surface area is 97.8 Å². The van der Waals surface area contributed by atoms with Crippen molar-refractivity contribution < 1.29 is 4.39 Å². The van der Waals surface area contributed by atoms with Crippen LogP contribution in [0.5, 0.6) is 0 Å². The molecule has 2 aromatic rings. The summed E-state index contributed by atoms with van der Waals surface area (Å²) in [5, 5.41) is 7.86. The molecule has 1 aromatic heterocycles. The maximum atomic E-state index is 13.4. The number of nitrogens with zero attached hydrogens (tertiary/aromatic N) is 3. The van der Waals surface area contributed by atoms with Crippen LogP contribution in [0.3, 0.4) is 0 Å². The lowest BCUT2D eigenvalue weighted by atomic mass is 10.2. The summed E-state index contributed by atoms with van der Waals surface area (Å²) in [4.78, 5) is 0. The van der Waals surface area contributed by atoms with Gasteiger partial charge in [-0.2, -0.15) is 0 Å². The molecule has 2 rings (SSSR count). The lowest BCUT2D eigenvalue weighted by Crippen LogP contribution is -2.00. The van der Waals surface area contributed by atoms with Crippen LogP contribution in [0.1, 0.15) is 17.0 Å². The summed E-state index contributed by atoms with van der Waals surface area (Å²) in [5.74, 6) is 0.0556. The van der Waals surface area contributed by atoms with E-state index in [2.05, 4.69) is 10.3 Å². The molecule has 0 unspecified atom stereocenters. The topological polar surface area (TPSA) is 30.7 Å². The molecular weight excluding hydrogens is 229 g/mol. The molecule has 0 atom stereocenters. The van der Waals surface area contributed by atoms with Crippen molar-refractivity contribution in [2.75, 3.05) is 0 Å². The van der Waals surface area contributed by atoms with Crippen LogP contribution in [0.4, 0.5) is 4.39 Å². The average molecular weight is 240 g/mol. The minimum absolute atomic E-state index is 0.250. The number of benzene rings is 1. The van der Waals surface area contributed by atoms with Gasteiger partial charge in [0.25, 0.3) is 0 Å². The van der Waals surface area contributed by atoms with Crippen LogP contribution < -0.4 is 0 Å². The lowest BCUT2D eigenvalue weighted by Gasteiger charge is -2.04. The van der Waals surface area contributed by atoms with Gasteiger partial charge >= 0.3 is 0 Å². The number of halogens is 2. The van der Waals surface area contributed by atoms with Crippen molar-refractivity contribution in [3.63, 3.8) is 0 Å². The van der Waals surface area contributed by atoms with Crippen LogP contribution in [0.15, 0.2) is 18.2 Å². The van der Waals surface area contributed by atoms with E-state index in [1.807, 2.05) is 6.92 Å². The fourth-order valence-electron chi connectivity index (χ4n) is 1.44. The molecule has 0 spiro atoms. The zero-order valence-electron chi connectivity index (χ0n) is 9.04. The summed E-state index contributed by atoms with van der Waals surface area (Å²) in [6.07, 6.45) is 0. The molecule has 0 aliphatic carbocycles. The van der Waals surface area contributed by atoms with Gasteiger partial charge in [-0.25, -0.2) is 9.07 Å². The second kappa shape index (κ2) is 4.22. The first kappa shape index (κ1) is 11.1. The van der Waals surface area contributed by atoms with E-state index in [9.17, 15) is 4.39 Å². The van der Waals surface area contributed by atoms with E-state index in [4.69, 9.17) is 11.6 Å². The van der Waals surface area contributed by atoms with E-state index in [0.29, 0.717) is 22.8 Å². The summed E-state index contributed by atoms with van der Waals surface area (Å²) in [7, 11) is 0. The highest BCUT2D eigenvalue weighted by molar-refractivity contribution is 6.16. The third-order valence-corrected chi connectivity index (χ3v) is 2.77. The van der Waals surface area contributed by atoms with Crippen molar-refractivity contribution in [3.05, 3.63) is 41.0 Å². The van der Waals surface area contributed by atoms with E-state index < -0.39 is 0 Å². The highest BCUT2D eigenvalue weighted by Crippen LogP contribution is 2.16. The third kappa shape index (κ3) is 1.80. The van der Waals surface area contributed by atoms with Gasteiger partial charge in [0.2, 0.25) is 0 Å². The highest BCUT2D eigenvalue weighted by Gasteiger charge is 2.09. The Morgan fingerprint density at radius 1 is 1.38 bits per heavy atom. The Morgan fingerprint density at radius 2 is 2.12 bits per heavy atom. The predicted molar refractivity (Wildman–Crippen MR) is 60.3 cm³/mol.